The van der Waals surface area contributed by atoms with Gasteiger partial charge in [-0.05, 0) is 65.6 Å². The molecule has 0 radical (unpaired) electrons. The maximum absolute atomic E-state index is 2.49. The minimum atomic E-state index is 0.370. The van der Waals surface area contributed by atoms with Crippen LogP contribution in [0.4, 0.5) is 0 Å². The highest BCUT2D eigenvalue weighted by Gasteiger charge is 2.42. The van der Waals surface area contributed by atoms with E-state index in [1.54, 1.807) is 0 Å². The SMILES string of the molecule is CC(C)(C)CCC(CCC(C)(C)C)(CCC(C)(C)C)C(C)(C)C. The van der Waals surface area contributed by atoms with E-state index in [0.29, 0.717) is 27.1 Å². The summed E-state index contributed by atoms with van der Waals surface area (Å²) in [5, 5.41) is 0. The zero-order chi connectivity index (χ0) is 18.7. The lowest BCUT2D eigenvalue weighted by molar-refractivity contribution is 0.0174. The average Bonchev–Trinajstić information content (AvgIpc) is 2.22. The molecule has 0 heteroatoms. The lowest BCUT2D eigenvalue weighted by Gasteiger charge is -2.49. The Morgan fingerprint density at radius 2 is 0.565 bits per heavy atom. The second-order valence-corrected chi connectivity index (χ2v) is 12.7. The molecule has 0 fully saturated rings. The zero-order valence-electron chi connectivity index (χ0n) is 18.7. The topological polar surface area (TPSA) is 0 Å². The van der Waals surface area contributed by atoms with Crippen LogP contribution >= 0.6 is 0 Å². The zero-order valence-corrected chi connectivity index (χ0v) is 18.7. The highest BCUT2D eigenvalue weighted by atomic mass is 14.5. The molecular weight excluding hydrogens is 276 g/mol. The molecule has 0 aliphatic rings. The van der Waals surface area contributed by atoms with E-state index in [0.717, 1.165) is 0 Å². The molecule has 0 unspecified atom stereocenters. The van der Waals surface area contributed by atoms with Gasteiger partial charge in [0.15, 0.2) is 0 Å². The molecule has 0 aliphatic heterocycles. The van der Waals surface area contributed by atoms with Crippen molar-refractivity contribution in [3.05, 3.63) is 0 Å². The number of rotatable bonds is 6. The molecule has 0 spiro atoms. The Balaban J connectivity index is 5.45. The van der Waals surface area contributed by atoms with Crippen molar-refractivity contribution in [3.8, 4) is 0 Å². The first kappa shape index (κ1) is 23.0. The van der Waals surface area contributed by atoms with Crippen molar-refractivity contribution in [1.82, 2.24) is 0 Å². The molecule has 23 heavy (non-hydrogen) atoms. The molecule has 0 aromatic carbocycles. The molecule has 0 saturated heterocycles. The van der Waals surface area contributed by atoms with Crippen LogP contribution in [0.15, 0.2) is 0 Å². The molecule has 0 aromatic rings. The van der Waals surface area contributed by atoms with Crippen molar-refractivity contribution in [2.24, 2.45) is 27.1 Å². The second kappa shape index (κ2) is 7.49. The summed E-state index contributed by atoms with van der Waals surface area (Å²) < 4.78 is 0. The Kier molecular flexibility index (Phi) is 7.49. The molecule has 0 rings (SSSR count). The molecule has 0 amide bonds. The van der Waals surface area contributed by atoms with Crippen LogP contribution in [0.3, 0.4) is 0 Å². The number of hydrogen-bond donors (Lipinski definition) is 0. The minimum Gasteiger partial charge on any atom is -0.0602 e. The van der Waals surface area contributed by atoms with Crippen LogP contribution < -0.4 is 0 Å². The van der Waals surface area contributed by atoms with Gasteiger partial charge < -0.3 is 0 Å². The van der Waals surface area contributed by atoms with Gasteiger partial charge in [-0.3, -0.25) is 0 Å². The smallest absolute Gasteiger partial charge is 0.0248 e. The van der Waals surface area contributed by atoms with Gasteiger partial charge in [-0.25, -0.2) is 0 Å². The third-order valence-corrected chi connectivity index (χ3v) is 5.65. The van der Waals surface area contributed by atoms with E-state index in [-0.39, 0.29) is 0 Å². The first-order chi connectivity index (χ1) is 9.87. The van der Waals surface area contributed by atoms with Crippen LogP contribution in [0, 0.1) is 27.1 Å². The van der Waals surface area contributed by atoms with Gasteiger partial charge in [0.05, 0.1) is 0 Å². The van der Waals surface area contributed by atoms with Gasteiger partial charge in [-0.2, -0.15) is 0 Å². The minimum absolute atomic E-state index is 0.370. The third kappa shape index (κ3) is 9.78. The van der Waals surface area contributed by atoms with Gasteiger partial charge >= 0.3 is 0 Å². The molecule has 0 aliphatic carbocycles. The highest BCUT2D eigenvalue weighted by molar-refractivity contribution is 4.93. The van der Waals surface area contributed by atoms with Crippen LogP contribution in [0.5, 0.6) is 0 Å². The summed E-state index contributed by atoms with van der Waals surface area (Å²) in [4.78, 5) is 0. The Hall–Kier alpha value is 0. The van der Waals surface area contributed by atoms with E-state index < -0.39 is 0 Å². The predicted molar refractivity (Wildman–Crippen MR) is 108 cm³/mol. The molecule has 0 atom stereocenters. The fourth-order valence-corrected chi connectivity index (χ4v) is 3.34. The first-order valence-electron chi connectivity index (χ1n) is 9.87. The van der Waals surface area contributed by atoms with E-state index in [4.69, 9.17) is 0 Å². The summed E-state index contributed by atoms with van der Waals surface area (Å²) in [6.45, 7) is 29.0. The fourth-order valence-electron chi connectivity index (χ4n) is 3.34. The lowest BCUT2D eigenvalue weighted by atomic mass is 9.56. The Labute approximate surface area is 149 Å². The van der Waals surface area contributed by atoms with Crippen molar-refractivity contribution in [1.29, 1.82) is 0 Å². The van der Waals surface area contributed by atoms with E-state index in [2.05, 4.69) is 83.1 Å². The number of hydrogen-bond acceptors (Lipinski definition) is 0. The van der Waals surface area contributed by atoms with E-state index in [1.807, 2.05) is 0 Å². The van der Waals surface area contributed by atoms with E-state index >= 15 is 0 Å². The van der Waals surface area contributed by atoms with E-state index in [9.17, 15) is 0 Å². The Morgan fingerprint density at radius 1 is 0.348 bits per heavy atom. The molecule has 0 heterocycles. The summed E-state index contributed by atoms with van der Waals surface area (Å²) in [6.07, 6.45) is 8.10. The van der Waals surface area contributed by atoms with Crippen LogP contribution in [-0.4, -0.2) is 0 Å². The molecule has 0 aromatic heterocycles. The highest BCUT2D eigenvalue weighted by Crippen LogP contribution is 2.53. The van der Waals surface area contributed by atoms with Gasteiger partial charge in [-0.15, -0.1) is 0 Å². The van der Waals surface area contributed by atoms with Crippen LogP contribution in [0.2, 0.25) is 0 Å². The van der Waals surface area contributed by atoms with Crippen molar-refractivity contribution < 1.29 is 0 Å². The summed E-state index contributed by atoms with van der Waals surface area (Å²) in [7, 11) is 0. The second-order valence-electron chi connectivity index (χ2n) is 12.7. The van der Waals surface area contributed by atoms with Crippen LogP contribution in [-0.2, 0) is 0 Å². The van der Waals surface area contributed by atoms with Crippen molar-refractivity contribution >= 4 is 0 Å². The lowest BCUT2D eigenvalue weighted by Crippen LogP contribution is -2.38. The first-order valence-corrected chi connectivity index (χ1v) is 9.87. The molecule has 0 saturated carbocycles. The normalized spacial score (nSPS) is 15.1. The quantitative estimate of drug-likeness (QED) is 0.459. The fraction of sp³-hybridized carbons (Fsp3) is 1.00. The molecule has 140 valence electrons. The molecule has 0 N–H and O–H groups in total. The maximum Gasteiger partial charge on any atom is -0.0248 e. The van der Waals surface area contributed by atoms with Crippen LogP contribution in [0.1, 0.15) is 122 Å². The van der Waals surface area contributed by atoms with Gasteiger partial charge in [-0.1, -0.05) is 83.1 Å². The monoisotopic (exact) mass is 324 g/mol. The van der Waals surface area contributed by atoms with Gasteiger partial charge in [0.2, 0.25) is 0 Å². The average molecular weight is 325 g/mol. The van der Waals surface area contributed by atoms with Gasteiger partial charge in [0, 0.05) is 0 Å². The molecule has 0 nitrogen and oxygen atoms in total. The molecular formula is C23H48. The summed E-state index contributed by atoms with van der Waals surface area (Å²) in [5.74, 6) is 0. The maximum atomic E-state index is 2.49. The summed E-state index contributed by atoms with van der Waals surface area (Å²) in [6, 6.07) is 0. The largest absolute Gasteiger partial charge is 0.0602 e. The van der Waals surface area contributed by atoms with Gasteiger partial charge in [0.1, 0.15) is 0 Å². The van der Waals surface area contributed by atoms with Crippen molar-refractivity contribution in [2.75, 3.05) is 0 Å². The van der Waals surface area contributed by atoms with Gasteiger partial charge in [0.25, 0.3) is 0 Å². The Bertz CT molecular complexity index is 287. The third-order valence-electron chi connectivity index (χ3n) is 5.65. The van der Waals surface area contributed by atoms with E-state index in [1.165, 1.54) is 38.5 Å². The predicted octanol–water partition coefficient (Wildman–Crippen LogP) is 8.50. The Morgan fingerprint density at radius 3 is 0.696 bits per heavy atom. The van der Waals surface area contributed by atoms with Crippen molar-refractivity contribution in [2.45, 2.75) is 122 Å². The summed E-state index contributed by atoms with van der Waals surface area (Å²) >= 11 is 0. The molecule has 0 bridgehead atoms. The summed E-state index contributed by atoms with van der Waals surface area (Å²) in [5.41, 5.74) is 2.12. The van der Waals surface area contributed by atoms with Crippen molar-refractivity contribution in [3.63, 3.8) is 0 Å². The standard InChI is InChI=1S/C23H48/c1-19(2,3)13-16-23(22(10,11)12,17-14-20(4,5)6)18-15-21(7,8)9/h13-18H2,1-12H3. The van der Waals surface area contributed by atoms with Crippen LogP contribution in [0.25, 0.3) is 0 Å².